The summed E-state index contributed by atoms with van der Waals surface area (Å²) < 4.78 is 7.85. The summed E-state index contributed by atoms with van der Waals surface area (Å²) in [5.41, 5.74) is 8.09. The van der Waals surface area contributed by atoms with E-state index in [-0.39, 0.29) is 17.3 Å². The molecule has 0 spiro atoms. The van der Waals surface area contributed by atoms with Crippen LogP contribution in [0.15, 0.2) is 28.0 Å². The van der Waals surface area contributed by atoms with Gasteiger partial charge < -0.3 is 36.4 Å². The number of aliphatic hydroxyl groups is 3. The minimum Gasteiger partial charge on any atom is -0.480 e. The number of hydrogen-bond donors (Lipinski definition) is 7. The summed E-state index contributed by atoms with van der Waals surface area (Å²) in [4.78, 5) is 20.6. The highest BCUT2D eigenvalue weighted by atomic mass is 32.1. The first-order valence-electron chi connectivity index (χ1n) is 9.41. The molecular formula is C19H24N6O5S2. The van der Waals surface area contributed by atoms with Crippen molar-refractivity contribution in [3.8, 4) is 5.88 Å². The molecule has 2 unspecified atom stereocenters. The Morgan fingerprint density at radius 1 is 1.34 bits per heavy atom. The molecule has 3 rings (SSSR count). The molecule has 0 aliphatic heterocycles. The first kappa shape index (κ1) is 23.7. The van der Waals surface area contributed by atoms with Crippen molar-refractivity contribution in [2.24, 2.45) is 10.7 Å². The van der Waals surface area contributed by atoms with Crippen molar-refractivity contribution in [2.45, 2.75) is 26.3 Å². The van der Waals surface area contributed by atoms with Gasteiger partial charge in [0.1, 0.15) is 21.3 Å². The number of nitrogens with zero attached hydrogens (tertiary/aromatic N) is 2. The molecule has 1 aromatic carbocycles. The molecule has 13 heteroatoms. The number of anilines is 3. The first-order chi connectivity index (χ1) is 15.2. The second-order valence-electron chi connectivity index (χ2n) is 6.75. The van der Waals surface area contributed by atoms with E-state index in [0.717, 1.165) is 39.7 Å². The van der Waals surface area contributed by atoms with Crippen LogP contribution in [0, 0.1) is 13.8 Å². The Morgan fingerprint density at radius 3 is 2.66 bits per heavy atom. The molecule has 0 fully saturated rings. The van der Waals surface area contributed by atoms with Crippen LogP contribution < -0.4 is 26.7 Å². The van der Waals surface area contributed by atoms with Gasteiger partial charge in [-0.15, -0.1) is 0 Å². The van der Waals surface area contributed by atoms with Crippen molar-refractivity contribution in [1.82, 2.24) is 9.36 Å². The number of aromatic amines is 1. The molecule has 0 aliphatic carbocycles. The molecule has 0 radical (unpaired) electrons. The maximum Gasteiger partial charge on any atom is 0.271 e. The highest BCUT2D eigenvalue weighted by Gasteiger charge is 2.23. The molecular weight excluding hydrogens is 456 g/mol. The van der Waals surface area contributed by atoms with Crippen LogP contribution in [0.25, 0.3) is 0 Å². The van der Waals surface area contributed by atoms with Gasteiger partial charge in [-0.25, -0.2) is 4.99 Å². The molecule has 0 saturated carbocycles. The minimum absolute atomic E-state index is 0.00688. The number of hydrogen-bond acceptors (Lipinski definition) is 11. The van der Waals surface area contributed by atoms with Gasteiger partial charge >= 0.3 is 0 Å². The van der Waals surface area contributed by atoms with Crippen molar-refractivity contribution >= 4 is 44.5 Å². The zero-order valence-corrected chi connectivity index (χ0v) is 19.2. The molecule has 3 aromatic rings. The number of rotatable bonds is 9. The van der Waals surface area contributed by atoms with Crippen LogP contribution in [-0.4, -0.2) is 50.5 Å². The lowest BCUT2D eigenvalue weighted by atomic mass is 10.1. The Kier molecular flexibility index (Phi) is 7.48. The van der Waals surface area contributed by atoms with Gasteiger partial charge in [0.2, 0.25) is 5.88 Å². The van der Waals surface area contributed by atoms with Crippen LogP contribution in [-0.2, 0) is 0 Å². The van der Waals surface area contributed by atoms with E-state index in [1.54, 1.807) is 0 Å². The highest BCUT2D eigenvalue weighted by Crippen LogP contribution is 2.37. The molecule has 2 heterocycles. The van der Waals surface area contributed by atoms with E-state index < -0.39 is 24.6 Å². The quantitative estimate of drug-likeness (QED) is 0.135. The standard InChI is InChI=1S/C19H24N6O5S2/c1-8-5-4-6-9(2)12(8)22-16(29)13-17(30-3)23-19(31-13)24-18-11(15(28)25-32-18)14(20)21-10(27)7-26/h4-6,10,16,22,26-27,29H,7H2,1-3H3,(H2,20,21)(H,23,24)(H,25,28). The Hall–Kier alpha value is -2.97. The largest absolute Gasteiger partial charge is 0.480 e. The summed E-state index contributed by atoms with van der Waals surface area (Å²) in [6.07, 6.45) is -2.53. The number of H-pyrrole nitrogens is 1. The topological polar surface area (TPSA) is 178 Å². The fourth-order valence-corrected chi connectivity index (χ4v) is 4.61. The lowest BCUT2D eigenvalue weighted by molar-refractivity contribution is 0.102. The molecule has 8 N–H and O–H groups in total. The Balaban J connectivity index is 1.88. The number of thiazole rings is 1. The van der Waals surface area contributed by atoms with Gasteiger partial charge in [-0.2, -0.15) is 4.98 Å². The Bertz CT molecular complexity index is 1150. The average molecular weight is 481 g/mol. The minimum atomic E-state index is -1.44. The van der Waals surface area contributed by atoms with E-state index in [9.17, 15) is 15.0 Å². The van der Waals surface area contributed by atoms with Gasteiger partial charge in [-0.05, 0) is 36.5 Å². The SMILES string of the molecule is COc1nc(Nc2s[nH]c(=O)c2/C(N)=N/C(O)CO)sc1C(O)Nc1c(C)cccc1C. The van der Waals surface area contributed by atoms with Crippen molar-refractivity contribution in [3.63, 3.8) is 0 Å². The Labute approximate surface area is 191 Å². The number of nitrogens with two attached hydrogens (primary N) is 1. The number of nitrogens with one attached hydrogen (secondary N) is 3. The number of aliphatic imine (C=N–C) groups is 1. The molecule has 2 atom stereocenters. The van der Waals surface area contributed by atoms with E-state index in [1.165, 1.54) is 7.11 Å². The van der Waals surface area contributed by atoms with Gasteiger partial charge in [0.25, 0.3) is 5.56 Å². The number of aliphatic hydroxyl groups excluding tert-OH is 3. The van der Waals surface area contributed by atoms with E-state index in [1.807, 2.05) is 32.0 Å². The molecule has 0 amide bonds. The average Bonchev–Trinajstić information content (AvgIpc) is 3.33. The monoisotopic (exact) mass is 480 g/mol. The molecule has 2 aromatic heterocycles. The van der Waals surface area contributed by atoms with Crippen LogP contribution in [0.1, 0.15) is 27.8 Å². The van der Waals surface area contributed by atoms with E-state index in [4.69, 9.17) is 15.6 Å². The van der Waals surface area contributed by atoms with E-state index in [2.05, 4.69) is 25.0 Å². The number of amidine groups is 1. The van der Waals surface area contributed by atoms with Crippen molar-refractivity contribution in [1.29, 1.82) is 0 Å². The van der Waals surface area contributed by atoms with Crippen LogP contribution >= 0.6 is 22.9 Å². The maximum absolute atomic E-state index is 12.2. The fraction of sp³-hybridized carbons (Fsp3) is 0.316. The number of aromatic nitrogens is 2. The molecule has 0 aliphatic rings. The number of benzene rings is 1. The van der Waals surface area contributed by atoms with Crippen LogP contribution in [0.2, 0.25) is 0 Å². The van der Waals surface area contributed by atoms with E-state index >= 15 is 0 Å². The normalized spacial score (nSPS) is 13.6. The van der Waals surface area contributed by atoms with Crippen molar-refractivity contribution in [2.75, 3.05) is 24.4 Å². The summed E-state index contributed by atoms with van der Waals surface area (Å²) in [6.45, 7) is 3.24. The van der Waals surface area contributed by atoms with Gasteiger partial charge in [-0.3, -0.25) is 9.17 Å². The maximum atomic E-state index is 12.2. The van der Waals surface area contributed by atoms with Gasteiger partial charge in [0, 0.05) is 5.69 Å². The summed E-state index contributed by atoms with van der Waals surface area (Å²) in [7, 11) is 1.44. The van der Waals surface area contributed by atoms with Crippen molar-refractivity contribution < 1.29 is 20.1 Å². The number of aryl methyl sites for hydroxylation is 2. The summed E-state index contributed by atoms with van der Waals surface area (Å²) in [5, 5.41) is 35.9. The van der Waals surface area contributed by atoms with E-state index in [0.29, 0.717) is 15.0 Å². The molecule has 32 heavy (non-hydrogen) atoms. The predicted molar refractivity (Wildman–Crippen MR) is 125 cm³/mol. The molecule has 0 saturated heterocycles. The smallest absolute Gasteiger partial charge is 0.271 e. The lowest BCUT2D eigenvalue weighted by Crippen LogP contribution is -2.25. The zero-order chi connectivity index (χ0) is 23.4. The molecule has 0 bridgehead atoms. The Morgan fingerprint density at radius 2 is 2.03 bits per heavy atom. The molecule has 11 nitrogen and oxygen atoms in total. The zero-order valence-electron chi connectivity index (χ0n) is 17.5. The van der Waals surface area contributed by atoms with Crippen LogP contribution in [0.5, 0.6) is 5.88 Å². The van der Waals surface area contributed by atoms with Crippen LogP contribution in [0.3, 0.4) is 0 Å². The fourth-order valence-electron chi connectivity index (χ4n) is 2.92. The number of ether oxygens (including phenoxy) is 1. The van der Waals surface area contributed by atoms with Crippen molar-refractivity contribution in [3.05, 3.63) is 50.1 Å². The third kappa shape index (κ3) is 5.08. The summed E-state index contributed by atoms with van der Waals surface area (Å²) in [6, 6.07) is 5.81. The summed E-state index contributed by atoms with van der Waals surface area (Å²) in [5.74, 6) is -0.0254. The predicted octanol–water partition coefficient (Wildman–Crippen LogP) is 1.38. The second kappa shape index (κ2) is 10.1. The van der Waals surface area contributed by atoms with Gasteiger partial charge in [-0.1, -0.05) is 29.5 Å². The first-order valence-corrected chi connectivity index (χ1v) is 11.0. The van der Waals surface area contributed by atoms with Crippen LogP contribution in [0.4, 0.5) is 15.8 Å². The lowest BCUT2D eigenvalue weighted by Gasteiger charge is -2.17. The third-order valence-corrected chi connectivity index (χ3v) is 6.25. The number of para-hydroxylation sites is 1. The van der Waals surface area contributed by atoms with Gasteiger partial charge in [0.15, 0.2) is 17.6 Å². The van der Waals surface area contributed by atoms with Gasteiger partial charge in [0.05, 0.1) is 13.7 Å². The number of methoxy groups -OCH3 is 1. The summed E-state index contributed by atoms with van der Waals surface area (Å²) >= 11 is 2.09. The third-order valence-electron chi connectivity index (χ3n) is 4.45. The molecule has 172 valence electrons. The highest BCUT2D eigenvalue weighted by molar-refractivity contribution is 7.16. The second-order valence-corrected chi connectivity index (χ2v) is 8.59.